The number of ether oxygens (including phenoxy) is 1. The van der Waals surface area contributed by atoms with Gasteiger partial charge in [-0.3, -0.25) is 9.59 Å². The summed E-state index contributed by atoms with van der Waals surface area (Å²) in [7, 11) is 0. The van der Waals surface area contributed by atoms with E-state index in [-0.39, 0.29) is 18.5 Å². The van der Waals surface area contributed by atoms with Crippen LogP contribution in [0.3, 0.4) is 0 Å². The zero-order valence-electron chi connectivity index (χ0n) is 65.4. The molecule has 0 aliphatic carbocycles. The Kier molecular flexibility index (Phi) is 83.8. The highest BCUT2D eigenvalue weighted by molar-refractivity contribution is 5.76. The molecule has 2 atom stereocenters. The number of esters is 1. The lowest BCUT2D eigenvalue weighted by atomic mass is 10.0. The molecule has 6 heteroatoms. The van der Waals surface area contributed by atoms with Gasteiger partial charge in [0.25, 0.3) is 0 Å². The van der Waals surface area contributed by atoms with Gasteiger partial charge < -0.3 is 20.3 Å². The molecule has 0 aromatic carbocycles. The van der Waals surface area contributed by atoms with Crippen LogP contribution in [-0.4, -0.2) is 47.4 Å². The molecule has 568 valence electrons. The Bertz CT molecular complexity index is 1560. The number of nitrogens with one attached hydrogen (secondary N) is 1. The van der Waals surface area contributed by atoms with Crippen LogP contribution in [0.4, 0.5) is 0 Å². The van der Waals surface area contributed by atoms with Gasteiger partial charge in [-0.1, -0.05) is 461 Å². The number of hydrogen-bond acceptors (Lipinski definition) is 5. The summed E-state index contributed by atoms with van der Waals surface area (Å²) < 4.78 is 5.52. The first kappa shape index (κ1) is 94.1. The third kappa shape index (κ3) is 81.0. The molecule has 0 radical (unpaired) electrons. The zero-order chi connectivity index (χ0) is 69.1. The average molecular weight is 1350 g/mol. The number of carbonyl (C=O) groups is 2. The zero-order valence-corrected chi connectivity index (χ0v) is 65.4. The molecule has 6 nitrogen and oxygen atoms in total. The number of aliphatic hydroxyl groups excluding tert-OH is 2. The van der Waals surface area contributed by atoms with Crippen molar-refractivity contribution in [1.82, 2.24) is 5.32 Å². The molecule has 1 amide bonds. The second kappa shape index (κ2) is 85.5. The van der Waals surface area contributed by atoms with Crippen LogP contribution in [0.2, 0.25) is 0 Å². The number of hydrogen-bond donors (Lipinski definition) is 3. The SMILES string of the molecule is CCCCC/C=C\C/C=C\CCCCCCCCCCCC(=O)OCCCCCCCCCCCCCCCCCCCCCCCCCCCCCCCCCCCCCCCC(=O)NC(CO)C(O)/C=C/CCCCCCCCCCCCCCCCCCCCCCC. The van der Waals surface area contributed by atoms with Gasteiger partial charge in [-0.2, -0.15) is 0 Å². The van der Waals surface area contributed by atoms with Gasteiger partial charge >= 0.3 is 5.97 Å². The minimum atomic E-state index is -0.842. The fourth-order valence-corrected chi connectivity index (χ4v) is 14.2. The highest BCUT2D eigenvalue weighted by Crippen LogP contribution is 2.21. The van der Waals surface area contributed by atoms with Crippen molar-refractivity contribution in [3.63, 3.8) is 0 Å². The maximum Gasteiger partial charge on any atom is 0.305 e. The van der Waals surface area contributed by atoms with E-state index in [2.05, 4.69) is 43.5 Å². The van der Waals surface area contributed by atoms with Crippen molar-refractivity contribution in [2.45, 2.75) is 514 Å². The van der Waals surface area contributed by atoms with E-state index in [1.165, 1.54) is 430 Å². The molecule has 0 fully saturated rings. The fraction of sp³-hybridized carbons (Fsp3) is 0.911. The van der Waals surface area contributed by atoms with E-state index >= 15 is 0 Å². The van der Waals surface area contributed by atoms with E-state index in [1.807, 2.05) is 6.08 Å². The summed E-state index contributed by atoms with van der Waals surface area (Å²) in [5.41, 5.74) is 0. The van der Waals surface area contributed by atoms with Crippen molar-refractivity contribution in [3.8, 4) is 0 Å². The van der Waals surface area contributed by atoms with Crippen LogP contribution in [0.25, 0.3) is 0 Å². The molecule has 0 aromatic rings. The normalized spacial score (nSPS) is 12.6. The van der Waals surface area contributed by atoms with E-state index < -0.39 is 12.1 Å². The quantitative estimate of drug-likeness (QED) is 0.0320. The molecule has 0 saturated heterocycles. The first-order chi connectivity index (χ1) is 47.5. The van der Waals surface area contributed by atoms with Crippen LogP contribution in [0, 0.1) is 0 Å². The van der Waals surface area contributed by atoms with Gasteiger partial charge in [0.15, 0.2) is 0 Å². The topological polar surface area (TPSA) is 95.9 Å². The number of aliphatic hydroxyl groups is 2. The van der Waals surface area contributed by atoms with Crippen LogP contribution in [0.1, 0.15) is 502 Å². The third-order valence-electron chi connectivity index (χ3n) is 20.9. The minimum absolute atomic E-state index is 0.0204. The van der Waals surface area contributed by atoms with Crippen LogP contribution in [0.15, 0.2) is 36.5 Å². The molecule has 0 aliphatic rings. The highest BCUT2D eigenvalue weighted by Gasteiger charge is 2.18. The number of rotatable bonds is 84. The Morgan fingerprint density at radius 3 is 0.812 bits per heavy atom. The molecule has 0 aliphatic heterocycles. The standard InChI is InChI=1S/C90H173NO5/c1-3-5-7-9-11-13-15-17-19-21-23-24-40-43-47-50-54-58-62-66-70-74-78-82-88(93)87(86-92)91-89(94)83-79-75-71-67-63-59-55-51-48-44-41-38-36-34-32-30-28-26-25-27-29-31-33-35-37-39-42-45-49-53-57-61-65-69-73-77-81-85-96-90(95)84-80-76-72-68-64-60-56-52-46-22-20-18-16-14-12-10-8-6-4-2/h12,14,18,20,78,82,87-88,92-93H,3-11,13,15-17,19,21-77,79-81,83-86H2,1-2H3,(H,91,94)/b14-12-,20-18-,82-78+. The Labute approximate surface area is 602 Å². The van der Waals surface area contributed by atoms with Gasteiger partial charge in [0.05, 0.1) is 25.4 Å². The smallest absolute Gasteiger partial charge is 0.305 e. The van der Waals surface area contributed by atoms with Crippen molar-refractivity contribution in [2.24, 2.45) is 0 Å². The lowest BCUT2D eigenvalue weighted by Crippen LogP contribution is -2.45. The highest BCUT2D eigenvalue weighted by atomic mass is 16.5. The summed E-state index contributed by atoms with van der Waals surface area (Å²) in [6.45, 7) is 4.94. The first-order valence-corrected chi connectivity index (χ1v) is 44.3. The summed E-state index contributed by atoms with van der Waals surface area (Å²) >= 11 is 0. The molecule has 0 rings (SSSR count). The van der Waals surface area contributed by atoms with Gasteiger partial charge in [-0.05, 0) is 64.2 Å². The Balaban J connectivity index is 3.32. The fourth-order valence-electron chi connectivity index (χ4n) is 14.2. The monoisotopic (exact) mass is 1350 g/mol. The lowest BCUT2D eigenvalue weighted by Gasteiger charge is -2.20. The number of unbranched alkanes of at least 4 members (excludes halogenated alkanes) is 69. The summed E-state index contributed by atoms with van der Waals surface area (Å²) in [6.07, 6.45) is 113. The van der Waals surface area contributed by atoms with Crippen LogP contribution < -0.4 is 5.32 Å². The van der Waals surface area contributed by atoms with Crippen molar-refractivity contribution < 1.29 is 24.5 Å². The van der Waals surface area contributed by atoms with E-state index in [0.717, 1.165) is 44.9 Å². The van der Waals surface area contributed by atoms with Gasteiger partial charge in [-0.25, -0.2) is 0 Å². The van der Waals surface area contributed by atoms with Gasteiger partial charge in [0.2, 0.25) is 5.91 Å². The maximum atomic E-state index is 12.6. The predicted molar refractivity (Wildman–Crippen MR) is 426 cm³/mol. The average Bonchev–Trinajstić information content (AvgIpc) is 3.69. The molecular formula is C90H173NO5. The molecule has 0 spiro atoms. The summed E-state index contributed by atoms with van der Waals surface area (Å²) in [4.78, 5) is 24.7. The molecule has 0 saturated carbocycles. The second-order valence-corrected chi connectivity index (χ2v) is 30.6. The molecular weight excluding hydrogens is 1170 g/mol. The Hall–Kier alpha value is -1.92. The number of amides is 1. The molecule has 0 aromatic heterocycles. The van der Waals surface area contributed by atoms with Crippen molar-refractivity contribution in [1.29, 1.82) is 0 Å². The van der Waals surface area contributed by atoms with E-state index in [0.29, 0.717) is 19.4 Å². The molecule has 0 bridgehead atoms. The van der Waals surface area contributed by atoms with Crippen LogP contribution in [0.5, 0.6) is 0 Å². The van der Waals surface area contributed by atoms with Crippen molar-refractivity contribution >= 4 is 11.9 Å². The van der Waals surface area contributed by atoms with Crippen molar-refractivity contribution in [3.05, 3.63) is 36.5 Å². The largest absolute Gasteiger partial charge is 0.466 e. The molecule has 3 N–H and O–H groups in total. The Morgan fingerprint density at radius 1 is 0.292 bits per heavy atom. The van der Waals surface area contributed by atoms with Crippen LogP contribution >= 0.6 is 0 Å². The van der Waals surface area contributed by atoms with E-state index in [1.54, 1.807) is 6.08 Å². The number of carbonyl (C=O) groups excluding carboxylic acids is 2. The van der Waals surface area contributed by atoms with Crippen molar-refractivity contribution in [2.75, 3.05) is 13.2 Å². The second-order valence-electron chi connectivity index (χ2n) is 30.6. The third-order valence-corrected chi connectivity index (χ3v) is 20.9. The molecule has 96 heavy (non-hydrogen) atoms. The van der Waals surface area contributed by atoms with E-state index in [9.17, 15) is 19.8 Å². The maximum absolute atomic E-state index is 12.6. The summed E-state index contributed by atoms with van der Waals surface area (Å²) in [6, 6.07) is -0.625. The van der Waals surface area contributed by atoms with Gasteiger partial charge in [0, 0.05) is 12.8 Å². The van der Waals surface area contributed by atoms with Gasteiger partial charge in [-0.15, -0.1) is 0 Å². The molecule has 2 unspecified atom stereocenters. The van der Waals surface area contributed by atoms with Gasteiger partial charge in [0.1, 0.15) is 0 Å². The molecule has 0 heterocycles. The first-order valence-electron chi connectivity index (χ1n) is 44.3. The van der Waals surface area contributed by atoms with E-state index in [4.69, 9.17) is 4.74 Å². The lowest BCUT2D eigenvalue weighted by molar-refractivity contribution is -0.143. The summed E-state index contributed by atoms with van der Waals surface area (Å²) in [5, 5.41) is 23.3. The predicted octanol–water partition coefficient (Wildman–Crippen LogP) is 29.7. The minimum Gasteiger partial charge on any atom is -0.466 e. The summed E-state index contributed by atoms with van der Waals surface area (Å²) in [5.74, 6) is -0.0363. The van der Waals surface area contributed by atoms with Crippen LogP contribution in [-0.2, 0) is 14.3 Å². The number of allylic oxidation sites excluding steroid dienone is 5. The Morgan fingerprint density at radius 2 is 0.521 bits per heavy atom.